The maximum Gasteiger partial charge on any atom is 0.150 e. The molecule has 2 rings (SSSR count). The predicted molar refractivity (Wildman–Crippen MR) is 88.9 cm³/mol. The zero-order chi connectivity index (χ0) is 17.0. The number of sulfone groups is 1. The first-order chi connectivity index (χ1) is 10.8. The molecule has 7 heteroatoms. The second kappa shape index (κ2) is 7.60. The molecule has 2 nitrogen and oxygen atoms in total. The highest BCUT2D eigenvalue weighted by Crippen LogP contribution is 2.20. The molecule has 0 fully saturated rings. The minimum absolute atomic E-state index is 0.0206. The lowest BCUT2D eigenvalue weighted by Gasteiger charge is -2.07. The molecule has 0 saturated carbocycles. The van der Waals surface area contributed by atoms with Gasteiger partial charge in [-0.05, 0) is 36.1 Å². The maximum atomic E-state index is 13.7. The molecule has 0 N–H and O–H groups in total. The molecule has 0 aromatic heterocycles. The Morgan fingerprint density at radius 2 is 1.17 bits per heavy atom. The average molecular weight is 379 g/mol. The van der Waals surface area contributed by atoms with Gasteiger partial charge >= 0.3 is 0 Å². The molecule has 0 atom stereocenters. The predicted octanol–water partition coefficient (Wildman–Crippen LogP) is 4.47. The Kier molecular flexibility index (Phi) is 6.00. The van der Waals surface area contributed by atoms with Gasteiger partial charge in [-0.3, -0.25) is 0 Å². The van der Waals surface area contributed by atoms with E-state index in [1.165, 1.54) is 24.3 Å². The molecule has 0 radical (unpaired) electrons. The summed E-state index contributed by atoms with van der Waals surface area (Å²) in [6.07, 6.45) is 0.0412. The van der Waals surface area contributed by atoms with E-state index in [1.54, 1.807) is 12.1 Å². The molecule has 0 aliphatic rings. The highest BCUT2D eigenvalue weighted by atomic mass is 35.5. The lowest BCUT2D eigenvalue weighted by Crippen LogP contribution is -2.16. The first-order valence-corrected chi connectivity index (χ1v) is 9.44. The van der Waals surface area contributed by atoms with E-state index in [0.29, 0.717) is 0 Å². The van der Waals surface area contributed by atoms with Crippen molar-refractivity contribution in [3.8, 4) is 0 Å². The molecule has 2 aromatic rings. The molecule has 0 aliphatic heterocycles. The molecule has 0 bridgehead atoms. The van der Waals surface area contributed by atoms with Crippen molar-refractivity contribution in [2.24, 2.45) is 0 Å². The maximum absolute atomic E-state index is 13.7. The number of benzene rings is 2. The van der Waals surface area contributed by atoms with E-state index in [1.807, 2.05) is 0 Å². The lowest BCUT2D eigenvalue weighted by atomic mass is 10.1. The fourth-order valence-electron chi connectivity index (χ4n) is 2.12. The summed E-state index contributed by atoms with van der Waals surface area (Å²) in [7, 11) is -3.46. The standard InChI is InChI=1S/C16H14Cl2F2O2S/c17-13-5-1-3-11(15(13)19)7-9-23(21,22)10-8-12-4-2-6-14(18)16(12)20/h1-6H,7-10H2. The second-order valence-electron chi connectivity index (χ2n) is 5.08. The fourth-order valence-corrected chi connectivity index (χ4v) is 3.77. The summed E-state index contributed by atoms with van der Waals surface area (Å²) in [5.74, 6) is -1.67. The van der Waals surface area contributed by atoms with Crippen molar-refractivity contribution >= 4 is 33.0 Å². The minimum Gasteiger partial charge on any atom is -0.229 e. The van der Waals surface area contributed by atoms with Gasteiger partial charge in [-0.2, -0.15) is 0 Å². The topological polar surface area (TPSA) is 34.1 Å². The molecule has 23 heavy (non-hydrogen) atoms. The van der Waals surface area contributed by atoms with E-state index in [9.17, 15) is 17.2 Å². The Hall–Kier alpha value is -1.17. The first kappa shape index (κ1) is 18.2. The van der Waals surface area contributed by atoms with Crippen molar-refractivity contribution in [2.45, 2.75) is 12.8 Å². The Morgan fingerprint density at radius 1 is 0.783 bits per heavy atom. The second-order valence-corrected chi connectivity index (χ2v) is 8.20. The van der Waals surface area contributed by atoms with Crippen LogP contribution in [0.3, 0.4) is 0 Å². The average Bonchev–Trinajstić information content (AvgIpc) is 2.50. The largest absolute Gasteiger partial charge is 0.229 e. The van der Waals surface area contributed by atoms with E-state index >= 15 is 0 Å². The Morgan fingerprint density at radius 3 is 1.57 bits per heavy atom. The van der Waals surface area contributed by atoms with Gasteiger partial charge < -0.3 is 0 Å². The molecular formula is C16H14Cl2F2O2S. The summed E-state index contributed by atoms with van der Waals surface area (Å²) in [4.78, 5) is 0. The zero-order valence-corrected chi connectivity index (χ0v) is 14.4. The number of hydrogen-bond donors (Lipinski definition) is 0. The van der Waals surface area contributed by atoms with Gasteiger partial charge in [0.25, 0.3) is 0 Å². The number of aryl methyl sites for hydroxylation is 2. The molecule has 0 heterocycles. The van der Waals surface area contributed by atoms with Crippen LogP contribution in [0.5, 0.6) is 0 Å². The SMILES string of the molecule is O=S(=O)(CCc1cccc(Cl)c1F)CCc1cccc(Cl)c1F. The van der Waals surface area contributed by atoms with Gasteiger partial charge in [-0.25, -0.2) is 17.2 Å². The summed E-state index contributed by atoms with van der Waals surface area (Å²) in [6, 6.07) is 8.91. The summed E-state index contributed by atoms with van der Waals surface area (Å²) in [5.41, 5.74) is 0.491. The van der Waals surface area contributed by atoms with Gasteiger partial charge in [0.05, 0.1) is 21.6 Å². The summed E-state index contributed by atoms with van der Waals surface area (Å²) in [5, 5.41) is -0.0817. The van der Waals surface area contributed by atoms with Gasteiger partial charge in [0, 0.05) is 0 Å². The number of rotatable bonds is 6. The van der Waals surface area contributed by atoms with E-state index in [0.717, 1.165) is 0 Å². The van der Waals surface area contributed by atoms with Crippen LogP contribution in [0, 0.1) is 11.6 Å². The molecule has 124 valence electrons. The minimum atomic E-state index is -3.46. The van der Waals surface area contributed by atoms with Crippen molar-refractivity contribution in [2.75, 3.05) is 11.5 Å². The van der Waals surface area contributed by atoms with Gasteiger partial charge in [0.15, 0.2) is 9.84 Å². The van der Waals surface area contributed by atoms with Crippen molar-refractivity contribution in [3.63, 3.8) is 0 Å². The highest BCUT2D eigenvalue weighted by Gasteiger charge is 2.16. The van der Waals surface area contributed by atoms with E-state index in [-0.39, 0.29) is 45.5 Å². The van der Waals surface area contributed by atoms with Crippen molar-refractivity contribution in [1.29, 1.82) is 0 Å². The molecular weight excluding hydrogens is 365 g/mol. The Labute approximate surface area is 144 Å². The smallest absolute Gasteiger partial charge is 0.150 e. The van der Waals surface area contributed by atoms with Crippen LogP contribution < -0.4 is 0 Å². The third-order valence-electron chi connectivity index (χ3n) is 3.43. The van der Waals surface area contributed by atoms with Crippen LogP contribution in [0.1, 0.15) is 11.1 Å². The van der Waals surface area contributed by atoms with Gasteiger partial charge in [0.1, 0.15) is 11.6 Å². The van der Waals surface area contributed by atoms with Crippen LogP contribution in [0.25, 0.3) is 0 Å². The summed E-state index contributed by atoms with van der Waals surface area (Å²) < 4.78 is 51.6. The lowest BCUT2D eigenvalue weighted by molar-refractivity contribution is 0.588. The van der Waals surface area contributed by atoms with Crippen LogP contribution >= 0.6 is 23.2 Å². The van der Waals surface area contributed by atoms with Gasteiger partial charge in [-0.1, -0.05) is 47.5 Å². The quantitative estimate of drug-likeness (QED) is 0.742. The number of hydrogen-bond acceptors (Lipinski definition) is 2. The molecule has 0 amide bonds. The van der Waals surface area contributed by atoms with Crippen LogP contribution in [-0.4, -0.2) is 19.9 Å². The molecule has 0 aliphatic carbocycles. The summed E-state index contributed by atoms with van der Waals surface area (Å²) >= 11 is 11.3. The highest BCUT2D eigenvalue weighted by molar-refractivity contribution is 7.91. The van der Waals surface area contributed by atoms with Gasteiger partial charge in [-0.15, -0.1) is 0 Å². The third kappa shape index (κ3) is 4.90. The van der Waals surface area contributed by atoms with E-state index in [2.05, 4.69) is 0 Å². The normalized spacial score (nSPS) is 11.7. The fraction of sp³-hybridized carbons (Fsp3) is 0.250. The van der Waals surface area contributed by atoms with Crippen molar-refractivity contribution in [3.05, 3.63) is 69.2 Å². The first-order valence-electron chi connectivity index (χ1n) is 6.86. The van der Waals surface area contributed by atoms with Crippen molar-refractivity contribution in [1.82, 2.24) is 0 Å². The van der Waals surface area contributed by atoms with Crippen molar-refractivity contribution < 1.29 is 17.2 Å². The van der Waals surface area contributed by atoms with Crippen LogP contribution in [0.15, 0.2) is 36.4 Å². The Bertz CT molecular complexity index is 746. The monoisotopic (exact) mass is 378 g/mol. The van der Waals surface area contributed by atoms with Gasteiger partial charge in [0.2, 0.25) is 0 Å². The van der Waals surface area contributed by atoms with Crippen LogP contribution in [0.4, 0.5) is 8.78 Å². The molecule has 2 aromatic carbocycles. The molecule has 0 saturated heterocycles. The Balaban J connectivity index is 2.00. The van der Waals surface area contributed by atoms with Crippen LogP contribution in [0.2, 0.25) is 10.0 Å². The number of halogens is 4. The van der Waals surface area contributed by atoms with E-state index in [4.69, 9.17) is 23.2 Å². The molecule has 0 unspecified atom stereocenters. The summed E-state index contributed by atoms with van der Waals surface area (Å²) in [6.45, 7) is 0. The molecule has 0 spiro atoms. The zero-order valence-electron chi connectivity index (χ0n) is 12.0. The van der Waals surface area contributed by atoms with E-state index < -0.39 is 21.5 Å². The third-order valence-corrected chi connectivity index (χ3v) is 5.66. The van der Waals surface area contributed by atoms with Crippen LogP contribution in [-0.2, 0) is 22.7 Å².